The molecule has 0 bridgehead atoms. The van der Waals surface area contributed by atoms with E-state index in [0.717, 1.165) is 5.39 Å². The number of para-hydroxylation sites is 1. The first-order valence-corrected chi connectivity index (χ1v) is 6.63. The summed E-state index contributed by atoms with van der Waals surface area (Å²) in [5, 5.41) is 19.7. The van der Waals surface area contributed by atoms with Crippen molar-refractivity contribution < 1.29 is 19.8 Å². The number of carbonyl (C=O) groups excluding carboxylic acids is 1. The molecule has 0 aliphatic carbocycles. The quantitative estimate of drug-likeness (QED) is 0.855. The highest BCUT2D eigenvalue weighted by Crippen LogP contribution is 2.24. The summed E-state index contributed by atoms with van der Waals surface area (Å²) in [7, 11) is 0. The second-order valence-corrected chi connectivity index (χ2v) is 5.08. The Balaban J connectivity index is 2.02. The summed E-state index contributed by atoms with van der Waals surface area (Å²) in [5.74, 6) is -1.52. The van der Waals surface area contributed by atoms with Gasteiger partial charge in [-0.25, -0.2) is 4.79 Å². The molecule has 1 amide bonds. The van der Waals surface area contributed by atoms with Crippen molar-refractivity contribution in [2.45, 2.75) is 18.6 Å². The maximum Gasteiger partial charge on any atom is 0.326 e. The molecule has 0 spiro atoms. The third kappa shape index (κ3) is 2.34. The third-order valence-corrected chi connectivity index (χ3v) is 3.69. The summed E-state index contributed by atoms with van der Waals surface area (Å²) in [5.41, 5.74) is 0.893. The Bertz CT molecular complexity index is 710. The number of rotatable bonds is 2. The van der Waals surface area contributed by atoms with Crippen molar-refractivity contribution in [2.75, 3.05) is 6.54 Å². The Labute approximate surface area is 120 Å². The number of carboxylic acid groups (broad SMARTS) is 1. The lowest BCUT2D eigenvalue weighted by Gasteiger charge is -2.21. The Morgan fingerprint density at radius 1 is 1.24 bits per heavy atom. The van der Waals surface area contributed by atoms with Gasteiger partial charge in [-0.2, -0.15) is 0 Å². The van der Waals surface area contributed by atoms with Crippen molar-refractivity contribution in [3.63, 3.8) is 0 Å². The van der Waals surface area contributed by atoms with Crippen molar-refractivity contribution >= 4 is 22.8 Å². The molecule has 0 saturated carbocycles. The number of carboxylic acids is 1. The Kier molecular flexibility index (Phi) is 3.31. The van der Waals surface area contributed by atoms with Gasteiger partial charge >= 0.3 is 5.97 Å². The standard InChI is InChI=1S/C15H14N2O4/c18-10-7-12(15(20)21)17(8-10)14(19)11-5-1-3-9-4-2-6-16-13(9)11/h1-6,10,12,18H,7-8H2,(H,20,21)/t10-,12-/m0/s1. The van der Waals surface area contributed by atoms with E-state index in [1.165, 1.54) is 4.90 Å². The second kappa shape index (κ2) is 5.14. The van der Waals surface area contributed by atoms with Gasteiger partial charge in [0.1, 0.15) is 6.04 Å². The number of β-amino-alcohol motifs (C(OH)–C–C–N with tert-alkyl or cyclic N) is 1. The fourth-order valence-electron chi connectivity index (χ4n) is 2.70. The number of fused-ring (bicyclic) bond motifs is 1. The molecule has 2 heterocycles. The number of pyridine rings is 1. The van der Waals surface area contributed by atoms with Gasteiger partial charge in [0.15, 0.2) is 0 Å². The second-order valence-electron chi connectivity index (χ2n) is 5.08. The lowest BCUT2D eigenvalue weighted by atomic mass is 10.1. The summed E-state index contributed by atoms with van der Waals surface area (Å²) >= 11 is 0. The van der Waals surface area contributed by atoms with E-state index in [1.54, 1.807) is 24.4 Å². The van der Waals surface area contributed by atoms with E-state index < -0.39 is 24.0 Å². The van der Waals surface area contributed by atoms with Crippen LogP contribution >= 0.6 is 0 Å². The Morgan fingerprint density at radius 2 is 2.00 bits per heavy atom. The normalized spacial score (nSPS) is 21.7. The number of amides is 1. The number of hydrogen-bond acceptors (Lipinski definition) is 4. The average Bonchev–Trinajstić information content (AvgIpc) is 2.88. The van der Waals surface area contributed by atoms with Gasteiger partial charge in [0, 0.05) is 24.5 Å². The lowest BCUT2D eigenvalue weighted by Crippen LogP contribution is -2.40. The first-order valence-electron chi connectivity index (χ1n) is 6.63. The molecular formula is C15H14N2O4. The predicted octanol–water partition coefficient (Wildman–Crippen LogP) is 0.895. The van der Waals surface area contributed by atoms with Crippen LogP contribution in [0.15, 0.2) is 36.5 Å². The maximum absolute atomic E-state index is 12.6. The van der Waals surface area contributed by atoms with Crippen molar-refractivity contribution in [2.24, 2.45) is 0 Å². The van der Waals surface area contributed by atoms with Crippen molar-refractivity contribution in [1.82, 2.24) is 9.88 Å². The fourth-order valence-corrected chi connectivity index (χ4v) is 2.70. The van der Waals surface area contributed by atoms with Crippen LogP contribution in [0.25, 0.3) is 10.9 Å². The van der Waals surface area contributed by atoms with E-state index in [4.69, 9.17) is 0 Å². The third-order valence-electron chi connectivity index (χ3n) is 3.69. The van der Waals surface area contributed by atoms with E-state index in [-0.39, 0.29) is 13.0 Å². The summed E-state index contributed by atoms with van der Waals surface area (Å²) in [6.07, 6.45) is 0.837. The SMILES string of the molecule is O=C(O)[C@@H]1C[C@H](O)CN1C(=O)c1cccc2cccnc12. The van der Waals surface area contributed by atoms with Gasteiger partial charge in [-0.15, -0.1) is 0 Å². The zero-order chi connectivity index (χ0) is 15.0. The average molecular weight is 286 g/mol. The topological polar surface area (TPSA) is 90.7 Å². The number of aliphatic hydroxyl groups is 1. The number of aliphatic carboxylic acids is 1. The number of hydrogen-bond donors (Lipinski definition) is 2. The van der Waals surface area contributed by atoms with Gasteiger partial charge in [0.2, 0.25) is 0 Å². The molecule has 6 nitrogen and oxygen atoms in total. The molecule has 2 N–H and O–H groups in total. The molecule has 21 heavy (non-hydrogen) atoms. The van der Waals surface area contributed by atoms with E-state index in [1.807, 2.05) is 12.1 Å². The molecule has 1 aliphatic rings. The Hall–Kier alpha value is -2.47. The number of aliphatic hydroxyl groups excluding tert-OH is 1. The molecular weight excluding hydrogens is 272 g/mol. The monoisotopic (exact) mass is 286 g/mol. The molecule has 2 aromatic rings. The highest BCUT2D eigenvalue weighted by atomic mass is 16.4. The number of carbonyl (C=O) groups is 2. The summed E-state index contributed by atoms with van der Waals surface area (Å²) < 4.78 is 0. The first kappa shape index (κ1) is 13.5. The minimum Gasteiger partial charge on any atom is -0.480 e. The van der Waals surface area contributed by atoms with Crippen LogP contribution in [-0.4, -0.2) is 50.7 Å². The zero-order valence-electron chi connectivity index (χ0n) is 11.1. The molecule has 0 radical (unpaired) electrons. The van der Waals surface area contributed by atoms with E-state index in [9.17, 15) is 19.8 Å². The van der Waals surface area contributed by atoms with Gasteiger partial charge in [-0.3, -0.25) is 9.78 Å². The number of benzene rings is 1. The lowest BCUT2D eigenvalue weighted by molar-refractivity contribution is -0.141. The van der Waals surface area contributed by atoms with Gasteiger partial charge in [-0.05, 0) is 12.1 Å². The summed E-state index contributed by atoms with van der Waals surface area (Å²) in [6, 6.07) is 7.82. The highest BCUT2D eigenvalue weighted by molar-refractivity contribution is 6.06. The first-order chi connectivity index (χ1) is 10.1. The predicted molar refractivity (Wildman–Crippen MR) is 74.8 cm³/mol. The van der Waals surface area contributed by atoms with Crippen LogP contribution in [-0.2, 0) is 4.79 Å². The van der Waals surface area contributed by atoms with Crippen LogP contribution in [0.5, 0.6) is 0 Å². The zero-order valence-corrected chi connectivity index (χ0v) is 11.1. The van der Waals surface area contributed by atoms with Crippen molar-refractivity contribution in [3.8, 4) is 0 Å². The van der Waals surface area contributed by atoms with Crippen LogP contribution in [0, 0.1) is 0 Å². The van der Waals surface area contributed by atoms with Gasteiger partial charge in [0.05, 0.1) is 17.2 Å². The minimum absolute atomic E-state index is 0.0268. The fraction of sp³-hybridized carbons (Fsp3) is 0.267. The van der Waals surface area contributed by atoms with Crippen LogP contribution in [0.4, 0.5) is 0 Å². The molecule has 0 unspecified atom stereocenters. The molecule has 1 aromatic carbocycles. The van der Waals surface area contributed by atoms with E-state index >= 15 is 0 Å². The smallest absolute Gasteiger partial charge is 0.326 e. The number of likely N-dealkylation sites (tertiary alicyclic amines) is 1. The van der Waals surface area contributed by atoms with Crippen molar-refractivity contribution in [3.05, 3.63) is 42.1 Å². The van der Waals surface area contributed by atoms with Gasteiger partial charge in [0.25, 0.3) is 5.91 Å². The summed E-state index contributed by atoms with van der Waals surface area (Å²) in [4.78, 5) is 29.3. The van der Waals surface area contributed by atoms with Gasteiger partial charge < -0.3 is 15.1 Å². The molecule has 6 heteroatoms. The largest absolute Gasteiger partial charge is 0.480 e. The number of aromatic nitrogens is 1. The van der Waals surface area contributed by atoms with E-state index in [2.05, 4.69) is 4.98 Å². The molecule has 1 saturated heterocycles. The van der Waals surface area contributed by atoms with Gasteiger partial charge in [-0.1, -0.05) is 18.2 Å². The highest BCUT2D eigenvalue weighted by Gasteiger charge is 2.39. The Morgan fingerprint density at radius 3 is 2.76 bits per heavy atom. The molecule has 2 atom stereocenters. The van der Waals surface area contributed by atoms with E-state index in [0.29, 0.717) is 11.1 Å². The van der Waals surface area contributed by atoms with Crippen LogP contribution < -0.4 is 0 Å². The molecule has 108 valence electrons. The van der Waals surface area contributed by atoms with Crippen LogP contribution in [0.1, 0.15) is 16.8 Å². The van der Waals surface area contributed by atoms with Crippen LogP contribution in [0.2, 0.25) is 0 Å². The van der Waals surface area contributed by atoms with Crippen LogP contribution in [0.3, 0.4) is 0 Å². The minimum atomic E-state index is -1.10. The number of nitrogens with zero attached hydrogens (tertiary/aromatic N) is 2. The maximum atomic E-state index is 12.6. The molecule has 3 rings (SSSR count). The molecule has 1 aliphatic heterocycles. The van der Waals surface area contributed by atoms with Crippen molar-refractivity contribution in [1.29, 1.82) is 0 Å². The molecule has 1 fully saturated rings. The summed E-state index contributed by atoms with van der Waals surface area (Å²) in [6.45, 7) is 0.0268. The molecule has 1 aromatic heterocycles.